The van der Waals surface area contributed by atoms with Gasteiger partial charge in [-0.2, -0.15) is 5.10 Å². The Morgan fingerprint density at radius 2 is 1.69 bits per heavy atom. The van der Waals surface area contributed by atoms with Gasteiger partial charge in [0.2, 0.25) is 0 Å². The number of hydrogen-bond acceptors (Lipinski definition) is 6. The lowest BCUT2D eigenvalue weighted by atomic mass is 10.2. The Morgan fingerprint density at radius 3 is 2.41 bits per heavy atom. The van der Waals surface area contributed by atoms with E-state index in [9.17, 15) is 4.79 Å². The number of hydrogen-bond donors (Lipinski definition) is 2. The monoisotopic (exact) mass is 513 g/mol. The average molecular weight is 514 g/mol. The summed E-state index contributed by atoms with van der Waals surface area (Å²) >= 11 is 8.65. The Kier molecular flexibility index (Phi) is 8.18. The molecule has 0 aliphatic heterocycles. The van der Waals surface area contributed by atoms with Crippen LogP contribution in [0.2, 0.25) is 0 Å². The third-order valence-corrected chi connectivity index (χ3v) is 4.88. The first-order chi connectivity index (χ1) is 15.5. The summed E-state index contributed by atoms with van der Waals surface area (Å²) < 4.78 is 16.8. The van der Waals surface area contributed by atoms with Crippen molar-refractivity contribution in [1.29, 1.82) is 0 Å². The molecule has 3 rings (SSSR count). The van der Waals surface area contributed by atoms with Gasteiger partial charge in [-0.15, -0.1) is 0 Å². The van der Waals surface area contributed by atoms with Gasteiger partial charge in [0.15, 0.2) is 16.6 Å². The fraction of sp³-hybridized carbons (Fsp3) is 0.0870. The molecule has 0 aromatic heterocycles. The van der Waals surface area contributed by atoms with Gasteiger partial charge >= 0.3 is 5.97 Å². The van der Waals surface area contributed by atoms with Crippen LogP contribution in [0.4, 0.5) is 5.69 Å². The zero-order chi connectivity index (χ0) is 22.9. The van der Waals surface area contributed by atoms with Crippen molar-refractivity contribution in [2.75, 3.05) is 19.5 Å². The maximum absolute atomic E-state index is 12.7. The Morgan fingerprint density at radius 1 is 0.969 bits per heavy atom. The number of rotatable bonds is 7. The number of esters is 1. The Bertz CT molecular complexity index is 1140. The quantitative estimate of drug-likeness (QED) is 0.151. The van der Waals surface area contributed by atoms with Crippen LogP contribution in [-0.2, 0) is 0 Å². The summed E-state index contributed by atoms with van der Waals surface area (Å²) in [6.07, 6.45) is 1.51. The topological polar surface area (TPSA) is 81.2 Å². The van der Waals surface area contributed by atoms with Crippen LogP contribution in [0.5, 0.6) is 17.2 Å². The molecule has 7 nitrogen and oxygen atoms in total. The molecule has 32 heavy (non-hydrogen) atoms. The van der Waals surface area contributed by atoms with Gasteiger partial charge in [0.05, 0.1) is 26.0 Å². The number of halogens is 1. The molecule has 164 valence electrons. The lowest BCUT2D eigenvalue weighted by Gasteiger charge is -2.11. The molecule has 9 heteroatoms. The number of anilines is 1. The van der Waals surface area contributed by atoms with E-state index in [0.717, 1.165) is 10.2 Å². The predicted molar refractivity (Wildman–Crippen MR) is 132 cm³/mol. The highest BCUT2D eigenvalue weighted by Crippen LogP contribution is 2.29. The van der Waals surface area contributed by atoms with Crippen LogP contribution >= 0.6 is 28.1 Å². The number of carbonyl (C=O) groups excluding carboxylic acids is 1. The van der Waals surface area contributed by atoms with Gasteiger partial charge in [-0.3, -0.25) is 5.43 Å². The van der Waals surface area contributed by atoms with Crippen LogP contribution < -0.4 is 25.0 Å². The standard InChI is InChI=1S/C23H20BrN3O4S/c1-29-20-10-8-15(13-21(20)30-2)22(28)31-19-11-9-17(24)12-16(19)14-25-27-23(32)26-18-6-4-3-5-7-18/h3-14H,1-2H3,(H2,26,27,32). The minimum absolute atomic E-state index is 0.319. The number of benzene rings is 3. The summed E-state index contributed by atoms with van der Waals surface area (Å²) in [7, 11) is 3.03. The van der Waals surface area contributed by atoms with E-state index in [1.54, 1.807) is 36.4 Å². The second kappa shape index (κ2) is 11.3. The van der Waals surface area contributed by atoms with E-state index in [-0.39, 0.29) is 0 Å². The molecule has 2 N–H and O–H groups in total. The first kappa shape index (κ1) is 23.2. The maximum Gasteiger partial charge on any atom is 0.343 e. The SMILES string of the molecule is COc1ccc(C(=O)Oc2ccc(Br)cc2C=NNC(=S)Nc2ccccc2)cc1OC. The number of nitrogens with zero attached hydrogens (tertiary/aromatic N) is 1. The summed E-state index contributed by atoms with van der Waals surface area (Å²) in [6.45, 7) is 0. The van der Waals surface area contributed by atoms with Crippen molar-refractivity contribution in [2.45, 2.75) is 0 Å². The van der Waals surface area contributed by atoms with Crippen LogP contribution in [0.1, 0.15) is 15.9 Å². The molecule has 3 aromatic carbocycles. The van der Waals surface area contributed by atoms with Gasteiger partial charge in [-0.05, 0) is 60.7 Å². The van der Waals surface area contributed by atoms with Gasteiger partial charge in [0.25, 0.3) is 0 Å². The van der Waals surface area contributed by atoms with Crippen molar-refractivity contribution in [2.24, 2.45) is 5.10 Å². The van der Waals surface area contributed by atoms with Crippen molar-refractivity contribution >= 4 is 51.1 Å². The second-order valence-electron chi connectivity index (χ2n) is 6.33. The summed E-state index contributed by atoms with van der Waals surface area (Å²) in [5.41, 5.74) is 4.47. The van der Waals surface area contributed by atoms with Crippen LogP contribution in [0.15, 0.2) is 76.3 Å². The van der Waals surface area contributed by atoms with E-state index in [1.165, 1.54) is 20.4 Å². The molecule has 0 bridgehead atoms. The third-order valence-electron chi connectivity index (χ3n) is 4.20. The molecule has 0 aliphatic rings. The van der Waals surface area contributed by atoms with E-state index in [1.807, 2.05) is 30.3 Å². The van der Waals surface area contributed by atoms with Crippen LogP contribution in [0.25, 0.3) is 0 Å². The summed E-state index contributed by atoms with van der Waals surface area (Å²) in [5, 5.41) is 7.49. The van der Waals surface area contributed by atoms with Crippen molar-refractivity contribution in [3.8, 4) is 17.2 Å². The first-order valence-electron chi connectivity index (χ1n) is 9.39. The molecule has 0 spiro atoms. The third kappa shape index (κ3) is 6.29. The smallest absolute Gasteiger partial charge is 0.343 e. The normalized spacial score (nSPS) is 10.5. The van der Waals surface area contributed by atoms with Crippen molar-refractivity contribution < 1.29 is 19.0 Å². The molecule has 0 aliphatic carbocycles. The molecule has 3 aromatic rings. The van der Waals surface area contributed by atoms with Gasteiger partial charge in [0.1, 0.15) is 5.75 Å². The van der Waals surface area contributed by atoms with Gasteiger partial charge in [0, 0.05) is 15.7 Å². The minimum atomic E-state index is -0.544. The summed E-state index contributed by atoms with van der Waals surface area (Å²) in [5.74, 6) is 0.743. The fourth-order valence-electron chi connectivity index (χ4n) is 2.68. The molecule has 0 saturated heterocycles. The largest absolute Gasteiger partial charge is 0.493 e. The van der Waals surface area contributed by atoms with Crippen molar-refractivity contribution in [3.05, 3.63) is 82.3 Å². The van der Waals surface area contributed by atoms with E-state index < -0.39 is 5.97 Å². The summed E-state index contributed by atoms with van der Waals surface area (Å²) in [6, 6.07) is 19.5. The van der Waals surface area contributed by atoms with Gasteiger partial charge in [-0.1, -0.05) is 34.1 Å². The molecule has 0 saturated carbocycles. The second-order valence-corrected chi connectivity index (χ2v) is 7.66. The van der Waals surface area contributed by atoms with E-state index in [2.05, 4.69) is 31.8 Å². The van der Waals surface area contributed by atoms with Gasteiger partial charge < -0.3 is 19.5 Å². The molecule has 0 amide bonds. The van der Waals surface area contributed by atoms with Crippen molar-refractivity contribution in [3.63, 3.8) is 0 Å². The highest BCUT2D eigenvalue weighted by Gasteiger charge is 2.14. The fourth-order valence-corrected chi connectivity index (χ4v) is 3.23. The number of nitrogens with one attached hydrogen (secondary N) is 2. The number of para-hydroxylation sites is 1. The zero-order valence-corrected chi connectivity index (χ0v) is 19.7. The molecular weight excluding hydrogens is 494 g/mol. The maximum atomic E-state index is 12.7. The van der Waals surface area contributed by atoms with E-state index in [4.69, 9.17) is 26.4 Å². The Labute approximate surface area is 199 Å². The van der Waals surface area contributed by atoms with Gasteiger partial charge in [-0.25, -0.2) is 4.79 Å². The van der Waals surface area contributed by atoms with Crippen LogP contribution in [-0.4, -0.2) is 31.5 Å². The molecule has 0 fully saturated rings. The lowest BCUT2D eigenvalue weighted by Crippen LogP contribution is -2.23. The minimum Gasteiger partial charge on any atom is -0.493 e. The van der Waals surface area contributed by atoms with Crippen LogP contribution in [0.3, 0.4) is 0 Å². The van der Waals surface area contributed by atoms with Crippen molar-refractivity contribution in [1.82, 2.24) is 5.43 Å². The zero-order valence-electron chi connectivity index (χ0n) is 17.3. The molecule has 0 atom stereocenters. The molecule has 0 radical (unpaired) electrons. The predicted octanol–water partition coefficient (Wildman–Crippen LogP) is 5.01. The number of hydrazone groups is 1. The average Bonchev–Trinajstić information content (AvgIpc) is 2.80. The van der Waals surface area contributed by atoms with Crippen LogP contribution in [0, 0.1) is 0 Å². The molecule has 0 unspecified atom stereocenters. The van der Waals surface area contributed by atoms with E-state index in [0.29, 0.717) is 33.5 Å². The molecular formula is C23H20BrN3O4S. The number of carbonyl (C=O) groups is 1. The molecule has 0 heterocycles. The number of ether oxygens (including phenoxy) is 3. The number of methoxy groups -OCH3 is 2. The first-order valence-corrected chi connectivity index (χ1v) is 10.6. The highest BCUT2D eigenvalue weighted by molar-refractivity contribution is 9.10. The highest BCUT2D eigenvalue weighted by atomic mass is 79.9. The number of thiocarbonyl (C=S) groups is 1. The lowest BCUT2D eigenvalue weighted by molar-refractivity contribution is 0.0734. The van der Waals surface area contributed by atoms with E-state index >= 15 is 0 Å². The summed E-state index contributed by atoms with van der Waals surface area (Å²) in [4.78, 5) is 12.7. The Hall–Kier alpha value is -3.43. The Balaban J connectivity index is 1.71.